The lowest BCUT2D eigenvalue weighted by Gasteiger charge is -2.32. The normalized spacial score (nSPS) is 17.5. The molecule has 6 nitrogen and oxygen atoms in total. The zero-order valence-corrected chi connectivity index (χ0v) is 15.9. The molecule has 1 fully saturated rings. The van der Waals surface area contributed by atoms with Crippen molar-refractivity contribution in [1.29, 1.82) is 0 Å². The van der Waals surface area contributed by atoms with Gasteiger partial charge in [-0.15, -0.1) is 0 Å². The van der Waals surface area contributed by atoms with Gasteiger partial charge in [0.05, 0.1) is 0 Å². The molecule has 1 amide bonds. The molecule has 3 rings (SSSR count). The minimum Gasteiger partial charge on any atom is -0.338 e. The molecule has 1 N–H and O–H groups in total. The van der Waals surface area contributed by atoms with Crippen LogP contribution in [0.3, 0.4) is 0 Å². The van der Waals surface area contributed by atoms with Gasteiger partial charge in [0.15, 0.2) is 0 Å². The third kappa shape index (κ3) is 3.74. The van der Waals surface area contributed by atoms with Crippen molar-refractivity contribution in [2.24, 2.45) is 0 Å². The number of amides is 1. The van der Waals surface area contributed by atoms with E-state index >= 15 is 0 Å². The summed E-state index contributed by atoms with van der Waals surface area (Å²) in [5.74, 6) is 1.11. The molecular weight excluding hydrogens is 328 g/mol. The van der Waals surface area contributed by atoms with E-state index in [1.54, 1.807) is 6.07 Å². The maximum absolute atomic E-state index is 12.9. The number of imidazole rings is 1. The van der Waals surface area contributed by atoms with Gasteiger partial charge < -0.3 is 14.5 Å². The van der Waals surface area contributed by atoms with Gasteiger partial charge in [0.2, 0.25) is 0 Å². The molecular formula is C20H28N4O2. The number of nitrogens with zero attached hydrogens (tertiary/aromatic N) is 3. The van der Waals surface area contributed by atoms with Crippen LogP contribution in [0.15, 0.2) is 23.3 Å². The Morgan fingerprint density at radius 2 is 2.19 bits per heavy atom. The van der Waals surface area contributed by atoms with Crippen molar-refractivity contribution >= 4 is 5.91 Å². The Bertz CT molecular complexity index is 837. The highest BCUT2D eigenvalue weighted by atomic mass is 16.2. The fraction of sp³-hybridized carbons (Fsp3) is 0.550. The number of nitrogens with one attached hydrogen (secondary N) is 1. The van der Waals surface area contributed by atoms with Gasteiger partial charge in [-0.2, -0.15) is 0 Å². The van der Waals surface area contributed by atoms with E-state index in [1.165, 1.54) is 0 Å². The number of unbranched alkanes of at least 4 members (excludes halogenated alkanes) is 1. The van der Waals surface area contributed by atoms with Gasteiger partial charge in [-0.25, -0.2) is 4.98 Å². The molecule has 0 saturated carbocycles. The number of aryl methyl sites for hydroxylation is 3. The fourth-order valence-corrected chi connectivity index (χ4v) is 3.63. The van der Waals surface area contributed by atoms with Crippen LogP contribution in [0, 0.1) is 13.8 Å². The summed E-state index contributed by atoms with van der Waals surface area (Å²) in [7, 11) is 0. The van der Waals surface area contributed by atoms with Crippen molar-refractivity contribution in [2.75, 3.05) is 13.1 Å². The van der Waals surface area contributed by atoms with Gasteiger partial charge in [-0.05, 0) is 44.7 Å². The van der Waals surface area contributed by atoms with Crippen LogP contribution in [0.2, 0.25) is 0 Å². The van der Waals surface area contributed by atoms with E-state index in [-0.39, 0.29) is 22.9 Å². The SMILES string of the molecule is CCCCn1ccnc1C1CCCN(C(=O)c2cc(C)c(C)[nH]c2=O)C1. The summed E-state index contributed by atoms with van der Waals surface area (Å²) in [5.41, 5.74) is 1.67. The monoisotopic (exact) mass is 356 g/mol. The maximum Gasteiger partial charge on any atom is 0.261 e. The number of rotatable bonds is 5. The van der Waals surface area contributed by atoms with Gasteiger partial charge in [0.1, 0.15) is 11.4 Å². The van der Waals surface area contributed by atoms with Crippen molar-refractivity contribution in [1.82, 2.24) is 19.4 Å². The van der Waals surface area contributed by atoms with Crippen LogP contribution in [0.5, 0.6) is 0 Å². The van der Waals surface area contributed by atoms with Gasteiger partial charge in [-0.1, -0.05) is 13.3 Å². The third-order valence-electron chi connectivity index (χ3n) is 5.30. The van der Waals surface area contributed by atoms with Crippen molar-refractivity contribution in [3.8, 4) is 0 Å². The predicted molar refractivity (Wildman–Crippen MR) is 102 cm³/mol. The Kier molecular flexibility index (Phi) is 5.59. The highest BCUT2D eigenvalue weighted by Crippen LogP contribution is 2.27. The van der Waals surface area contributed by atoms with Crippen LogP contribution in [0.4, 0.5) is 0 Å². The van der Waals surface area contributed by atoms with Crippen LogP contribution >= 0.6 is 0 Å². The number of aromatic nitrogens is 3. The molecule has 0 bridgehead atoms. The van der Waals surface area contributed by atoms with E-state index in [1.807, 2.05) is 31.1 Å². The highest BCUT2D eigenvalue weighted by Gasteiger charge is 2.29. The van der Waals surface area contributed by atoms with Gasteiger partial charge in [-0.3, -0.25) is 9.59 Å². The molecule has 1 unspecified atom stereocenters. The molecule has 6 heteroatoms. The van der Waals surface area contributed by atoms with Gasteiger partial charge >= 0.3 is 0 Å². The summed E-state index contributed by atoms with van der Waals surface area (Å²) in [4.78, 5) is 34.3. The summed E-state index contributed by atoms with van der Waals surface area (Å²) < 4.78 is 2.21. The van der Waals surface area contributed by atoms with Crippen molar-refractivity contribution in [3.05, 3.63) is 51.5 Å². The number of carbonyl (C=O) groups excluding carboxylic acids is 1. The van der Waals surface area contributed by atoms with E-state index in [0.29, 0.717) is 13.1 Å². The number of carbonyl (C=O) groups is 1. The zero-order chi connectivity index (χ0) is 18.7. The topological polar surface area (TPSA) is 71.0 Å². The van der Waals surface area contributed by atoms with Crippen molar-refractivity contribution in [2.45, 2.75) is 58.9 Å². The molecule has 0 aromatic carbocycles. The Morgan fingerprint density at radius 1 is 1.38 bits per heavy atom. The van der Waals surface area contributed by atoms with Crippen molar-refractivity contribution < 1.29 is 4.79 Å². The van der Waals surface area contributed by atoms with Crippen molar-refractivity contribution in [3.63, 3.8) is 0 Å². The molecule has 2 aromatic rings. The molecule has 1 atom stereocenters. The maximum atomic E-state index is 12.9. The van der Waals surface area contributed by atoms with Gasteiger partial charge in [0, 0.05) is 43.6 Å². The fourth-order valence-electron chi connectivity index (χ4n) is 3.63. The Labute approximate surface area is 154 Å². The Balaban J connectivity index is 1.79. The van der Waals surface area contributed by atoms with Crippen LogP contribution in [0.25, 0.3) is 0 Å². The summed E-state index contributed by atoms with van der Waals surface area (Å²) >= 11 is 0. The number of hydrogen-bond acceptors (Lipinski definition) is 3. The van der Waals surface area contributed by atoms with Crippen LogP contribution in [-0.4, -0.2) is 38.4 Å². The standard InChI is InChI=1S/C20H28N4O2/c1-4-5-9-23-11-8-21-18(23)16-7-6-10-24(13-16)20(26)17-12-14(2)15(3)22-19(17)25/h8,11-12,16H,4-7,9-10,13H2,1-3H3,(H,22,25). The molecule has 1 aliphatic rings. The molecule has 2 aromatic heterocycles. The minimum atomic E-state index is -0.301. The Hall–Kier alpha value is -2.37. The first-order chi connectivity index (χ1) is 12.5. The number of aromatic amines is 1. The second-order valence-corrected chi connectivity index (χ2v) is 7.24. The number of piperidine rings is 1. The lowest BCUT2D eigenvalue weighted by Crippen LogP contribution is -2.41. The first-order valence-electron chi connectivity index (χ1n) is 9.52. The zero-order valence-electron chi connectivity index (χ0n) is 15.9. The predicted octanol–water partition coefficient (Wildman–Crippen LogP) is 3.01. The molecule has 1 saturated heterocycles. The van der Waals surface area contributed by atoms with Crippen LogP contribution < -0.4 is 5.56 Å². The average Bonchev–Trinajstić information content (AvgIpc) is 3.11. The molecule has 0 radical (unpaired) electrons. The first-order valence-corrected chi connectivity index (χ1v) is 9.52. The quantitative estimate of drug-likeness (QED) is 0.895. The summed E-state index contributed by atoms with van der Waals surface area (Å²) in [6.07, 6.45) is 8.09. The second kappa shape index (κ2) is 7.89. The summed E-state index contributed by atoms with van der Waals surface area (Å²) in [5, 5.41) is 0. The smallest absolute Gasteiger partial charge is 0.261 e. The first kappa shape index (κ1) is 18.4. The molecule has 1 aliphatic heterocycles. The summed E-state index contributed by atoms with van der Waals surface area (Å²) in [6.45, 7) is 8.21. The lowest BCUT2D eigenvalue weighted by molar-refractivity contribution is 0.0701. The third-order valence-corrected chi connectivity index (χ3v) is 5.30. The molecule has 140 valence electrons. The van der Waals surface area contributed by atoms with E-state index in [4.69, 9.17) is 0 Å². The average molecular weight is 356 g/mol. The van der Waals surface area contributed by atoms with Crippen LogP contribution in [-0.2, 0) is 6.54 Å². The van der Waals surface area contributed by atoms with E-state index in [9.17, 15) is 9.59 Å². The molecule has 26 heavy (non-hydrogen) atoms. The lowest BCUT2D eigenvalue weighted by atomic mass is 9.96. The molecule has 0 spiro atoms. The van der Waals surface area contributed by atoms with E-state index < -0.39 is 0 Å². The van der Waals surface area contributed by atoms with E-state index in [0.717, 1.165) is 49.3 Å². The summed E-state index contributed by atoms with van der Waals surface area (Å²) in [6, 6.07) is 1.71. The largest absolute Gasteiger partial charge is 0.338 e. The molecule has 0 aliphatic carbocycles. The van der Waals surface area contributed by atoms with E-state index in [2.05, 4.69) is 21.5 Å². The number of hydrogen-bond donors (Lipinski definition) is 1. The number of H-pyrrole nitrogens is 1. The van der Waals surface area contributed by atoms with Gasteiger partial charge in [0.25, 0.3) is 11.5 Å². The van der Waals surface area contributed by atoms with Crippen LogP contribution in [0.1, 0.15) is 66.0 Å². The Morgan fingerprint density at radius 3 is 2.96 bits per heavy atom. The number of likely N-dealkylation sites (tertiary alicyclic amines) is 1. The second-order valence-electron chi connectivity index (χ2n) is 7.24. The highest BCUT2D eigenvalue weighted by molar-refractivity contribution is 5.94. The minimum absolute atomic E-state index is 0.175. The molecule has 3 heterocycles. The number of pyridine rings is 1.